The van der Waals surface area contributed by atoms with Crippen molar-refractivity contribution in [1.82, 2.24) is 15.1 Å². The number of hydrogen-bond donors (Lipinski definition) is 2. The smallest absolute Gasteiger partial charge is 0.329 e. The third-order valence-electron chi connectivity index (χ3n) is 3.59. The molecule has 0 fully saturated rings. The summed E-state index contributed by atoms with van der Waals surface area (Å²) >= 11 is 0. The van der Waals surface area contributed by atoms with Crippen LogP contribution in [0.5, 0.6) is 0 Å². The molecule has 116 valence electrons. The molecule has 1 amide bonds. The van der Waals surface area contributed by atoms with Crippen molar-refractivity contribution in [3.05, 3.63) is 23.0 Å². The van der Waals surface area contributed by atoms with Gasteiger partial charge < -0.3 is 10.4 Å². The summed E-state index contributed by atoms with van der Waals surface area (Å²) in [6, 6.07) is 0. The van der Waals surface area contributed by atoms with E-state index in [2.05, 4.69) is 10.4 Å². The van der Waals surface area contributed by atoms with Crippen LogP contribution in [0.4, 0.5) is 0 Å². The highest BCUT2D eigenvalue weighted by Crippen LogP contribution is 2.15. The van der Waals surface area contributed by atoms with Crippen LogP contribution >= 0.6 is 0 Å². The van der Waals surface area contributed by atoms with Crippen LogP contribution in [-0.4, -0.2) is 32.3 Å². The molecule has 1 aromatic rings. The van der Waals surface area contributed by atoms with Gasteiger partial charge in [0.15, 0.2) is 0 Å². The van der Waals surface area contributed by atoms with E-state index >= 15 is 0 Å². The maximum absolute atomic E-state index is 12.0. The summed E-state index contributed by atoms with van der Waals surface area (Å²) < 4.78 is 1.74. The average Bonchev–Trinajstić information content (AvgIpc) is 2.61. The van der Waals surface area contributed by atoms with Crippen molar-refractivity contribution in [3.8, 4) is 0 Å². The Morgan fingerprint density at radius 3 is 2.48 bits per heavy atom. The van der Waals surface area contributed by atoms with Crippen LogP contribution in [0.1, 0.15) is 43.6 Å². The second-order valence-electron chi connectivity index (χ2n) is 5.42. The highest BCUT2D eigenvalue weighted by molar-refractivity contribution is 5.95. The maximum Gasteiger partial charge on any atom is 0.329 e. The van der Waals surface area contributed by atoms with Gasteiger partial charge in [0.05, 0.1) is 5.69 Å². The van der Waals surface area contributed by atoms with Crippen LogP contribution in [0.15, 0.2) is 6.08 Å². The van der Waals surface area contributed by atoms with Crippen LogP contribution in [0.3, 0.4) is 0 Å². The lowest BCUT2D eigenvalue weighted by Crippen LogP contribution is -2.51. The first-order valence-electron chi connectivity index (χ1n) is 6.95. The van der Waals surface area contributed by atoms with Gasteiger partial charge >= 0.3 is 5.97 Å². The molecule has 6 heteroatoms. The fraction of sp³-hybridized carbons (Fsp3) is 0.533. The monoisotopic (exact) mass is 293 g/mol. The number of aromatic nitrogens is 2. The highest BCUT2D eigenvalue weighted by atomic mass is 16.4. The number of nitrogens with one attached hydrogen (secondary N) is 1. The fourth-order valence-corrected chi connectivity index (χ4v) is 2.23. The highest BCUT2D eigenvalue weighted by Gasteiger charge is 2.33. The molecule has 0 radical (unpaired) electrons. The third-order valence-corrected chi connectivity index (χ3v) is 3.59. The molecule has 0 spiro atoms. The third kappa shape index (κ3) is 3.93. The minimum absolute atomic E-state index is 0.382. The van der Waals surface area contributed by atoms with Crippen molar-refractivity contribution < 1.29 is 14.7 Å². The Hall–Kier alpha value is -2.11. The van der Waals surface area contributed by atoms with Gasteiger partial charge in [-0.15, -0.1) is 0 Å². The van der Waals surface area contributed by atoms with Gasteiger partial charge in [-0.25, -0.2) is 4.79 Å². The minimum atomic E-state index is -1.24. The number of carbonyl (C=O) groups is 2. The van der Waals surface area contributed by atoms with E-state index in [1.165, 1.54) is 13.0 Å². The van der Waals surface area contributed by atoms with Crippen molar-refractivity contribution >= 4 is 18.0 Å². The molecule has 0 aliphatic heterocycles. The molecule has 2 N–H and O–H groups in total. The van der Waals surface area contributed by atoms with Crippen LogP contribution in [0, 0.1) is 13.8 Å². The summed E-state index contributed by atoms with van der Waals surface area (Å²) in [5.74, 6) is -1.45. The van der Waals surface area contributed by atoms with E-state index in [0.717, 1.165) is 17.0 Å². The number of hydrogen-bond acceptors (Lipinski definition) is 3. The van der Waals surface area contributed by atoms with E-state index in [9.17, 15) is 14.7 Å². The van der Waals surface area contributed by atoms with Gasteiger partial charge in [0.25, 0.3) is 0 Å². The lowest BCUT2D eigenvalue weighted by Gasteiger charge is -2.24. The van der Waals surface area contributed by atoms with Crippen LogP contribution < -0.4 is 5.32 Å². The zero-order valence-electron chi connectivity index (χ0n) is 13.2. The zero-order valence-corrected chi connectivity index (χ0v) is 13.2. The Labute approximate surface area is 124 Å². The number of amides is 1. The summed E-state index contributed by atoms with van der Waals surface area (Å²) in [6.07, 6.45) is 4.08. The fourth-order valence-electron chi connectivity index (χ4n) is 2.23. The Bertz CT molecular complexity index is 575. The van der Waals surface area contributed by atoms with Gasteiger partial charge in [0.1, 0.15) is 5.54 Å². The summed E-state index contributed by atoms with van der Waals surface area (Å²) in [5, 5.41) is 16.1. The largest absolute Gasteiger partial charge is 0.480 e. The number of nitrogens with zero attached hydrogens (tertiary/aromatic N) is 2. The first-order valence-corrected chi connectivity index (χ1v) is 6.95. The second-order valence-corrected chi connectivity index (χ2v) is 5.42. The van der Waals surface area contributed by atoms with Crippen molar-refractivity contribution in [2.75, 3.05) is 0 Å². The molecule has 1 atom stereocenters. The summed E-state index contributed by atoms with van der Waals surface area (Å²) in [7, 11) is 1.84. The molecular weight excluding hydrogens is 270 g/mol. The lowest BCUT2D eigenvalue weighted by molar-refractivity contribution is -0.146. The van der Waals surface area contributed by atoms with Crippen LogP contribution in [0.2, 0.25) is 0 Å². The van der Waals surface area contributed by atoms with E-state index < -0.39 is 17.4 Å². The van der Waals surface area contributed by atoms with E-state index in [1.807, 2.05) is 27.8 Å². The Balaban J connectivity index is 2.86. The topological polar surface area (TPSA) is 84.2 Å². The first kappa shape index (κ1) is 16.9. The molecule has 1 heterocycles. The molecule has 1 aromatic heterocycles. The van der Waals surface area contributed by atoms with Gasteiger partial charge in [-0.3, -0.25) is 9.48 Å². The summed E-state index contributed by atoms with van der Waals surface area (Å²) in [5.41, 5.74) is 1.41. The Kier molecular flexibility index (Phi) is 5.29. The predicted molar refractivity (Wildman–Crippen MR) is 80.8 cm³/mol. The predicted octanol–water partition coefficient (Wildman–Crippen LogP) is 1.81. The van der Waals surface area contributed by atoms with Gasteiger partial charge in [-0.1, -0.05) is 13.3 Å². The Morgan fingerprint density at radius 1 is 1.43 bits per heavy atom. The average molecular weight is 293 g/mol. The number of carboxylic acid groups (broad SMARTS) is 1. The Morgan fingerprint density at radius 2 is 2.05 bits per heavy atom. The van der Waals surface area contributed by atoms with Crippen molar-refractivity contribution in [2.24, 2.45) is 7.05 Å². The molecule has 0 aromatic carbocycles. The van der Waals surface area contributed by atoms with Crippen LogP contribution in [0.25, 0.3) is 6.08 Å². The molecule has 21 heavy (non-hydrogen) atoms. The number of carbonyl (C=O) groups excluding carboxylic acids is 1. The molecule has 1 unspecified atom stereocenters. The number of carboxylic acids is 1. The van der Waals surface area contributed by atoms with E-state index in [1.54, 1.807) is 10.8 Å². The molecular formula is C15H23N3O3. The SMILES string of the molecule is CCCC(C)(NC(=O)/C=C/c1c(C)nn(C)c1C)C(=O)O. The molecule has 0 saturated heterocycles. The molecule has 0 aliphatic rings. The number of aliphatic carboxylic acids is 1. The summed E-state index contributed by atoms with van der Waals surface area (Å²) in [4.78, 5) is 23.2. The standard InChI is InChI=1S/C15H23N3O3/c1-6-9-15(4,14(20)21)16-13(19)8-7-12-10(2)17-18(5)11(12)3/h7-8H,6,9H2,1-5H3,(H,16,19)(H,20,21)/b8-7+. The first-order chi connectivity index (χ1) is 9.71. The molecule has 0 saturated carbocycles. The zero-order chi connectivity index (χ0) is 16.2. The normalized spacial score (nSPS) is 14.1. The van der Waals surface area contributed by atoms with Gasteiger partial charge in [-0.2, -0.15) is 5.10 Å². The van der Waals surface area contributed by atoms with Gasteiger partial charge in [0.2, 0.25) is 5.91 Å². The van der Waals surface area contributed by atoms with E-state index in [0.29, 0.717) is 12.8 Å². The van der Waals surface area contributed by atoms with Crippen molar-refractivity contribution in [2.45, 2.75) is 46.1 Å². The van der Waals surface area contributed by atoms with E-state index in [-0.39, 0.29) is 0 Å². The second kappa shape index (κ2) is 6.56. The van der Waals surface area contributed by atoms with Crippen molar-refractivity contribution in [1.29, 1.82) is 0 Å². The van der Waals surface area contributed by atoms with Crippen molar-refractivity contribution in [3.63, 3.8) is 0 Å². The quantitative estimate of drug-likeness (QED) is 0.783. The maximum atomic E-state index is 12.0. The number of rotatable bonds is 6. The van der Waals surface area contributed by atoms with Crippen LogP contribution in [-0.2, 0) is 16.6 Å². The molecule has 6 nitrogen and oxygen atoms in total. The number of aryl methyl sites for hydroxylation is 2. The lowest BCUT2D eigenvalue weighted by atomic mass is 9.96. The molecule has 0 aliphatic carbocycles. The minimum Gasteiger partial charge on any atom is -0.480 e. The van der Waals surface area contributed by atoms with E-state index in [4.69, 9.17) is 0 Å². The van der Waals surface area contributed by atoms with Gasteiger partial charge in [0, 0.05) is 24.4 Å². The van der Waals surface area contributed by atoms with Gasteiger partial charge in [-0.05, 0) is 33.3 Å². The molecule has 0 bridgehead atoms. The summed E-state index contributed by atoms with van der Waals surface area (Å²) in [6.45, 7) is 7.18. The molecule has 1 rings (SSSR count).